The van der Waals surface area contributed by atoms with Gasteiger partial charge in [-0.25, -0.2) is 0 Å². The van der Waals surface area contributed by atoms with Crippen molar-refractivity contribution < 1.29 is 0 Å². The van der Waals surface area contributed by atoms with Crippen molar-refractivity contribution in [2.75, 3.05) is 0 Å². The lowest BCUT2D eigenvalue weighted by Crippen LogP contribution is -1.95. The van der Waals surface area contributed by atoms with E-state index >= 15 is 0 Å². The Labute approximate surface area is 61.4 Å². The normalized spacial score (nSPS) is 35.7. The summed E-state index contributed by atoms with van der Waals surface area (Å²) >= 11 is 0. The second-order valence-corrected chi connectivity index (χ2v) is 3.35. The molecule has 0 aromatic heterocycles. The monoisotopic (exact) mass is 133 g/mol. The van der Waals surface area contributed by atoms with Crippen LogP contribution in [0, 0.1) is 23.2 Å². The number of allylic oxidation sites excluding steroid dienone is 2. The molecule has 1 saturated carbocycles. The first-order valence-corrected chi connectivity index (χ1v) is 3.97. The molecular formula is C9H11N. The Morgan fingerprint density at radius 2 is 2.50 bits per heavy atom. The fourth-order valence-electron chi connectivity index (χ4n) is 2.24. The summed E-state index contributed by atoms with van der Waals surface area (Å²) < 4.78 is 0. The lowest BCUT2D eigenvalue weighted by Gasteiger charge is -2.08. The Balaban J connectivity index is 2.12. The molecule has 2 bridgehead atoms. The van der Waals surface area contributed by atoms with E-state index in [0.29, 0.717) is 6.42 Å². The van der Waals surface area contributed by atoms with Crippen LogP contribution in [0.4, 0.5) is 0 Å². The molecule has 2 aliphatic carbocycles. The molecule has 52 valence electrons. The van der Waals surface area contributed by atoms with Gasteiger partial charge in [0.05, 0.1) is 12.5 Å². The van der Waals surface area contributed by atoms with Crippen molar-refractivity contribution >= 4 is 0 Å². The molecule has 0 heterocycles. The maximum absolute atomic E-state index is 8.46. The van der Waals surface area contributed by atoms with Crippen molar-refractivity contribution in [3.63, 3.8) is 0 Å². The van der Waals surface area contributed by atoms with Crippen molar-refractivity contribution in [1.82, 2.24) is 0 Å². The summed E-state index contributed by atoms with van der Waals surface area (Å²) in [6, 6.07) is 2.23. The Bertz CT molecular complexity index is 209. The summed E-state index contributed by atoms with van der Waals surface area (Å²) in [5.74, 6) is 1.64. The molecule has 0 aromatic rings. The van der Waals surface area contributed by atoms with Crippen molar-refractivity contribution in [2.24, 2.45) is 11.8 Å². The Morgan fingerprint density at radius 3 is 3.00 bits per heavy atom. The van der Waals surface area contributed by atoms with Gasteiger partial charge in [-0.3, -0.25) is 0 Å². The third-order valence-electron chi connectivity index (χ3n) is 2.73. The smallest absolute Gasteiger partial charge is 0.0666 e. The SMILES string of the molecule is N#CCC1=CC2CCC1C2. The molecule has 10 heavy (non-hydrogen) atoms. The summed E-state index contributed by atoms with van der Waals surface area (Å²) in [4.78, 5) is 0. The number of rotatable bonds is 1. The van der Waals surface area contributed by atoms with Gasteiger partial charge in [-0.2, -0.15) is 5.26 Å². The number of hydrogen-bond donors (Lipinski definition) is 0. The van der Waals surface area contributed by atoms with E-state index in [1.807, 2.05) is 0 Å². The van der Waals surface area contributed by atoms with Gasteiger partial charge in [0.25, 0.3) is 0 Å². The highest BCUT2D eigenvalue weighted by Crippen LogP contribution is 2.44. The molecular weight excluding hydrogens is 122 g/mol. The first-order valence-electron chi connectivity index (χ1n) is 3.97. The number of nitriles is 1. The molecule has 2 unspecified atom stereocenters. The predicted octanol–water partition coefficient (Wildman–Crippen LogP) is 2.26. The van der Waals surface area contributed by atoms with Crippen LogP contribution in [0.2, 0.25) is 0 Å². The van der Waals surface area contributed by atoms with Crippen LogP contribution in [0.5, 0.6) is 0 Å². The third-order valence-corrected chi connectivity index (χ3v) is 2.73. The first kappa shape index (κ1) is 5.97. The molecule has 2 rings (SSSR count). The van der Waals surface area contributed by atoms with Crippen LogP contribution in [0.25, 0.3) is 0 Å². The van der Waals surface area contributed by atoms with Gasteiger partial charge >= 0.3 is 0 Å². The van der Waals surface area contributed by atoms with E-state index in [0.717, 1.165) is 11.8 Å². The van der Waals surface area contributed by atoms with Gasteiger partial charge in [-0.1, -0.05) is 11.6 Å². The van der Waals surface area contributed by atoms with Gasteiger partial charge in [-0.15, -0.1) is 0 Å². The molecule has 1 heteroatoms. The maximum atomic E-state index is 8.46. The van der Waals surface area contributed by atoms with Crippen molar-refractivity contribution in [1.29, 1.82) is 5.26 Å². The van der Waals surface area contributed by atoms with Crippen LogP contribution >= 0.6 is 0 Å². The highest BCUT2D eigenvalue weighted by atomic mass is 14.4. The lowest BCUT2D eigenvalue weighted by molar-refractivity contribution is 0.646. The third kappa shape index (κ3) is 0.759. The summed E-state index contributed by atoms with van der Waals surface area (Å²) in [7, 11) is 0. The minimum atomic E-state index is 0.682. The van der Waals surface area contributed by atoms with Gasteiger partial charge in [0, 0.05) is 0 Å². The van der Waals surface area contributed by atoms with Gasteiger partial charge in [-0.05, 0) is 31.1 Å². The molecule has 1 nitrogen and oxygen atoms in total. The predicted molar refractivity (Wildman–Crippen MR) is 39.1 cm³/mol. The van der Waals surface area contributed by atoms with Crippen molar-refractivity contribution in [3.05, 3.63) is 11.6 Å². The zero-order valence-corrected chi connectivity index (χ0v) is 6.01. The second kappa shape index (κ2) is 2.12. The highest BCUT2D eigenvalue weighted by Gasteiger charge is 2.31. The Morgan fingerprint density at radius 1 is 1.60 bits per heavy atom. The van der Waals surface area contributed by atoms with E-state index in [9.17, 15) is 0 Å². The molecule has 2 atom stereocenters. The van der Waals surface area contributed by atoms with Crippen LogP contribution in [0.3, 0.4) is 0 Å². The van der Waals surface area contributed by atoms with Crippen molar-refractivity contribution in [2.45, 2.75) is 25.7 Å². The molecule has 0 amide bonds. The van der Waals surface area contributed by atoms with Crippen LogP contribution < -0.4 is 0 Å². The fourth-order valence-corrected chi connectivity index (χ4v) is 2.24. The molecule has 0 spiro atoms. The summed E-state index contributed by atoms with van der Waals surface area (Å²) in [5.41, 5.74) is 1.43. The molecule has 0 aliphatic heterocycles. The minimum absolute atomic E-state index is 0.682. The van der Waals surface area contributed by atoms with Crippen LogP contribution in [-0.2, 0) is 0 Å². The van der Waals surface area contributed by atoms with Crippen molar-refractivity contribution in [3.8, 4) is 6.07 Å². The van der Waals surface area contributed by atoms with E-state index in [4.69, 9.17) is 5.26 Å². The Hall–Kier alpha value is -0.770. The summed E-state index contributed by atoms with van der Waals surface area (Å²) in [6.07, 6.45) is 7.08. The van der Waals surface area contributed by atoms with Crippen LogP contribution in [-0.4, -0.2) is 0 Å². The zero-order valence-electron chi connectivity index (χ0n) is 6.01. The number of fused-ring (bicyclic) bond motifs is 2. The average Bonchev–Trinajstić information content (AvgIpc) is 2.48. The van der Waals surface area contributed by atoms with E-state index < -0.39 is 0 Å². The molecule has 0 radical (unpaired) electrons. The summed E-state index contributed by atoms with van der Waals surface area (Å²) in [6.45, 7) is 0. The van der Waals surface area contributed by atoms with Gasteiger partial charge in [0.2, 0.25) is 0 Å². The standard InChI is InChI=1S/C9H11N/c10-4-3-9-6-7-1-2-8(9)5-7/h6-8H,1-3,5H2. The number of hydrogen-bond acceptors (Lipinski definition) is 1. The van der Waals surface area contributed by atoms with Crippen LogP contribution in [0.1, 0.15) is 25.7 Å². The van der Waals surface area contributed by atoms with E-state index in [1.54, 1.807) is 0 Å². The number of nitrogens with zero attached hydrogens (tertiary/aromatic N) is 1. The minimum Gasteiger partial charge on any atom is -0.198 e. The average molecular weight is 133 g/mol. The van der Waals surface area contributed by atoms with Crippen LogP contribution in [0.15, 0.2) is 11.6 Å². The Kier molecular flexibility index (Phi) is 1.27. The second-order valence-electron chi connectivity index (χ2n) is 3.35. The summed E-state index contributed by atoms with van der Waals surface area (Å²) in [5, 5.41) is 8.46. The van der Waals surface area contributed by atoms with Gasteiger partial charge < -0.3 is 0 Å². The largest absolute Gasteiger partial charge is 0.198 e. The lowest BCUT2D eigenvalue weighted by atomic mass is 9.97. The molecule has 2 aliphatic rings. The van der Waals surface area contributed by atoms with E-state index in [-0.39, 0.29) is 0 Å². The van der Waals surface area contributed by atoms with Gasteiger partial charge in [0.15, 0.2) is 0 Å². The fraction of sp³-hybridized carbons (Fsp3) is 0.667. The molecule has 0 aromatic carbocycles. The van der Waals surface area contributed by atoms with E-state index in [1.165, 1.54) is 24.8 Å². The molecule has 0 N–H and O–H groups in total. The molecule has 0 saturated heterocycles. The zero-order chi connectivity index (χ0) is 6.97. The van der Waals surface area contributed by atoms with Gasteiger partial charge in [0.1, 0.15) is 0 Å². The maximum Gasteiger partial charge on any atom is 0.0666 e. The molecule has 1 fully saturated rings. The quantitative estimate of drug-likeness (QED) is 0.503. The van der Waals surface area contributed by atoms with E-state index in [2.05, 4.69) is 12.1 Å². The highest BCUT2D eigenvalue weighted by molar-refractivity contribution is 5.22. The first-order chi connectivity index (χ1) is 4.90. The topological polar surface area (TPSA) is 23.8 Å².